The first kappa shape index (κ1) is 19.3. The highest BCUT2D eigenvalue weighted by Gasteiger charge is 2.12. The van der Waals surface area contributed by atoms with Crippen LogP contribution >= 0.6 is 23.2 Å². The number of ether oxygens (including phenoxy) is 1. The third kappa shape index (κ3) is 5.76. The van der Waals surface area contributed by atoms with Gasteiger partial charge in [-0.3, -0.25) is 9.59 Å². The number of nitrogens with one attached hydrogen (secondary N) is 1. The Labute approximate surface area is 157 Å². The number of hydrogen-bond donors (Lipinski definition) is 1. The summed E-state index contributed by atoms with van der Waals surface area (Å²) in [6.07, 6.45) is 0.349. The molecule has 0 bridgehead atoms. The quantitative estimate of drug-likeness (QED) is 0.730. The molecule has 25 heavy (non-hydrogen) atoms. The van der Waals surface area contributed by atoms with Gasteiger partial charge in [0.25, 0.3) is 0 Å². The van der Waals surface area contributed by atoms with E-state index in [0.717, 1.165) is 16.7 Å². The van der Waals surface area contributed by atoms with Gasteiger partial charge in [0.15, 0.2) is 0 Å². The van der Waals surface area contributed by atoms with E-state index in [1.165, 1.54) is 0 Å². The van der Waals surface area contributed by atoms with E-state index in [4.69, 9.17) is 27.9 Å². The van der Waals surface area contributed by atoms with Crippen molar-refractivity contribution in [1.82, 2.24) is 5.32 Å². The zero-order chi connectivity index (χ0) is 18.2. The van der Waals surface area contributed by atoms with Gasteiger partial charge < -0.3 is 10.1 Å². The highest BCUT2D eigenvalue weighted by Crippen LogP contribution is 2.32. The Balaban J connectivity index is 2.05. The first-order valence-electron chi connectivity index (χ1n) is 7.97. The molecule has 0 unspecified atom stereocenters. The highest BCUT2D eigenvalue weighted by atomic mass is 35.5. The topological polar surface area (TPSA) is 55.4 Å². The van der Waals surface area contributed by atoms with Crippen LogP contribution in [-0.4, -0.2) is 25.0 Å². The molecule has 0 aliphatic rings. The Hall–Kier alpha value is -2.04. The van der Waals surface area contributed by atoms with Gasteiger partial charge in [0.05, 0.1) is 19.4 Å². The van der Waals surface area contributed by atoms with Gasteiger partial charge in [-0.2, -0.15) is 0 Å². The number of rotatable bonds is 7. The average Bonchev–Trinajstić information content (AvgIpc) is 2.56. The van der Waals surface area contributed by atoms with E-state index < -0.39 is 0 Å². The Morgan fingerprint density at radius 2 is 1.84 bits per heavy atom. The molecule has 0 atom stereocenters. The minimum atomic E-state index is -0.323. The lowest BCUT2D eigenvalue weighted by Crippen LogP contribution is -2.28. The largest absolute Gasteiger partial charge is 0.466 e. The fourth-order valence-electron chi connectivity index (χ4n) is 2.42. The van der Waals surface area contributed by atoms with Crippen LogP contribution in [0.25, 0.3) is 11.1 Å². The minimum Gasteiger partial charge on any atom is -0.466 e. The van der Waals surface area contributed by atoms with Crippen LogP contribution in [0.1, 0.15) is 18.9 Å². The van der Waals surface area contributed by atoms with E-state index in [9.17, 15) is 9.59 Å². The summed E-state index contributed by atoms with van der Waals surface area (Å²) in [6, 6.07) is 12.8. The first-order valence-corrected chi connectivity index (χ1v) is 8.72. The van der Waals surface area contributed by atoms with Crippen LogP contribution in [0.2, 0.25) is 10.0 Å². The van der Waals surface area contributed by atoms with Gasteiger partial charge in [0.1, 0.15) is 0 Å². The molecular formula is C19H19Cl2NO3. The van der Waals surface area contributed by atoms with Crippen LogP contribution in [0.5, 0.6) is 0 Å². The molecule has 4 nitrogen and oxygen atoms in total. The summed E-state index contributed by atoms with van der Waals surface area (Å²) in [4.78, 5) is 23.4. The van der Waals surface area contributed by atoms with Crippen molar-refractivity contribution >= 4 is 35.1 Å². The zero-order valence-electron chi connectivity index (χ0n) is 13.9. The minimum absolute atomic E-state index is 0.157. The van der Waals surface area contributed by atoms with E-state index in [1.54, 1.807) is 19.1 Å². The van der Waals surface area contributed by atoms with Gasteiger partial charge in [-0.25, -0.2) is 0 Å². The number of benzene rings is 2. The maximum Gasteiger partial charge on any atom is 0.307 e. The maximum absolute atomic E-state index is 12.2. The van der Waals surface area contributed by atoms with Crippen molar-refractivity contribution in [3.63, 3.8) is 0 Å². The van der Waals surface area contributed by atoms with E-state index in [0.29, 0.717) is 16.7 Å². The lowest BCUT2D eigenvalue weighted by molar-refractivity contribution is -0.143. The van der Waals surface area contributed by atoms with Crippen LogP contribution in [-0.2, 0) is 20.7 Å². The van der Waals surface area contributed by atoms with E-state index >= 15 is 0 Å². The number of hydrogen-bond acceptors (Lipinski definition) is 3. The Bertz CT molecular complexity index is 762. The van der Waals surface area contributed by atoms with Gasteiger partial charge in [-0.1, -0.05) is 53.5 Å². The lowest BCUT2D eigenvalue weighted by Gasteiger charge is -2.12. The molecule has 0 heterocycles. The molecule has 0 aliphatic heterocycles. The SMILES string of the molecule is CCOC(=O)CCNC(=O)Cc1ccccc1-c1ccc(Cl)cc1Cl. The molecule has 0 aliphatic carbocycles. The predicted molar refractivity (Wildman–Crippen MR) is 99.9 cm³/mol. The molecule has 132 valence electrons. The number of carbonyl (C=O) groups is 2. The fourth-order valence-corrected chi connectivity index (χ4v) is 2.93. The summed E-state index contributed by atoms with van der Waals surface area (Å²) < 4.78 is 4.83. The van der Waals surface area contributed by atoms with Crippen LogP contribution in [0, 0.1) is 0 Å². The molecular weight excluding hydrogens is 361 g/mol. The van der Waals surface area contributed by atoms with Gasteiger partial charge in [-0.05, 0) is 30.2 Å². The number of halogens is 2. The Kier molecular flexibility index (Phi) is 7.29. The average molecular weight is 380 g/mol. The number of amides is 1. The molecule has 2 aromatic carbocycles. The Morgan fingerprint density at radius 3 is 2.56 bits per heavy atom. The van der Waals surface area contributed by atoms with E-state index in [1.807, 2.05) is 30.3 Å². The van der Waals surface area contributed by atoms with Crippen LogP contribution in [0.15, 0.2) is 42.5 Å². The van der Waals surface area contributed by atoms with E-state index in [-0.39, 0.29) is 31.3 Å². The molecule has 0 aromatic heterocycles. The zero-order valence-corrected chi connectivity index (χ0v) is 15.4. The van der Waals surface area contributed by atoms with E-state index in [2.05, 4.69) is 5.32 Å². The second-order valence-corrected chi connectivity index (χ2v) is 6.21. The van der Waals surface area contributed by atoms with Crippen molar-refractivity contribution in [2.24, 2.45) is 0 Å². The first-order chi connectivity index (χ1) is 12.0. The summed E-state index contributed by atoms with van der Waals surface area (Å²) >= 11 is 12.2. The summed E-state index contributed by atoms with van der Waals surface area (Å²) in [5.41, 5.74) is 2.55. The molecule has 0 saturated heterocycles. The van der Waals surface area contributed by atoms with Crippen molar-refractivity contribution in [1.29, 1.82) is 0 Å². The van der Waals surface area contributed by atoms with Crippen molar-refractivity contribution in [2.75, 3.05) is 13.2 Å². The van der Waals surface area contributed by atoms with Crippen molar-refractivity contribution in [2.45, 2.75) is 19.8 Å². The highest BCUT2D eigenvalue weighted by molar-refractivity contribution is 6.36. The van der Waals surface area contributed by atoms with Gasteiger partial charge in [-0.15, -0.1) is 0 Å². The monoisotopic (exact) mass is 379 g/mol. The molecule has 1 N–H and O–H groups in total. The van der Waals surface area contributed by atoms with Crippen LogP contribution in [0.3, 0.4) is 0 Å². The number of esters is 1. The van der Waals surface area contributed by atoms with Gasteiger partial charge >= 0.3 is 5.97 Å². The fraction of sp³-hybridized carbons (Fsp3) is 0.263. The molecule has 0 spiro atoms. The second-order valence-electron chi connectivity index (χ2n) is 5.36. The summed E-state index contributed by atoms with van der Waals surface area (Å²) in [5, 5.41) is 3.82. The number of carbonyl (C=O) groups excluding carboxylic acids is 2. The smallest absolute Gasteiger partial charge is 0.307 e. The standard InChI is InChI=1S/C19H19Cl2NO3/c1-2-25-19(24)9-10-22-18(23)11-13-5-3-4-6-15(13)16-8-7-14(20)12-17(16)21/h3-8,12H,2,9-11H2,1H3,(H,22,23). The lowest BCUT2D eigenvalue weighted by atomic mass is 9.97. The summed E-state index contributed by atoms with van der Waals surface area (Å²) in [7, 11) is 0. The van der Waals surface area contributed by atoms with Gasteiger partial charge in [0.2, 0.25) is 5.91 Å². The summed E-state index contributed by atoms with van der Waals surface area (Å²) in [5.74, 6) is -0.488. The molecule has 0 saturated carbocycles. The molecule has 2 aromatic rings. The molecule has 0 fully saturated rings. The van der Waals surface area contributed by atoms with Gasteiger partial charge in [0, 0.05) is 22.2 Å². The van der Waals surface area contributed by atoms with Crippen molar-refractivity contribution in [3.05, 3.63) is 58.1 Å². The third-order valence-electron chi connectivity index (χ3n) is 3.55. The second kappa shape index (κ2) is 9.44. The van der Waals surface area contributed by atoms with Crippen LogP contribution < -0.4 is 5.32 Å². The Morgan fingerprint density at radius 1 is 1.08 bits per heavy atom. The maximum atomic E-state index is 12.2. The molecule has 6 heteroatoms. The third-order valence-corrected chi connectivity index (χ3v) is 4.09. The molecule has 2 rings (SSSR count). The van der Waals surface area contributed by atoms with Crippen LogP contribution in [0.4, 0.5) is 0 Å². The predicted octanol–water partition coefficient (Wildman–Crippen LogP) is 4.27. The summed E-state index contributed by atoms with van der Waals surface area (Å²) in [6.45, 7) is 2.33. The van der Waals surface area contributed by atoms with Crippen molar-refractivity contribution < 1.29 is 14.3 Å². The normalized spacial score (nSPS) is 10.4. The van der Waals surface area contributed by atoms with Crippen molar-refractivity contribution in [3.8, 4) is 11.1 Å². The molecule has 0 radical (unpaired) electrons. The molecule has 1 amide bonds.